The Hall–Kier alpha value is -3.93. The summed E-state index contributed by atoms with van der Waals surface area (Å²) in [5.74, 6) is 0.666. The first-order valence-electron chi connectivity index (χ1n) is 10.5. The van der Waals surface area contributed by atoms with E-state index in [1.54, 1.807) is 29.2 Å². The van der Waals surface area contributed by atoms with Gasteiger partial charge in [0.05, 0.1) is 6.54 Å². The highest BCUT2D eigenvalue weighted by Crippen LogP contribution is 2.31. The van der Waals surface area contributed by atoms with E-state index in [9.17, 15) is 9.59 Å². The van der Waals surface area contributed by atoms with E-state index in [0.29, 0.717) is 30.8 Å². The number of hydrogen-bond acceptors (Lipinski definition) is 5. The van der Waals surface area contributed by atoms with Gasteiger partial charge in [0.1, 0.15) is 12.4 Å². The van der Waals surface area contributed by atoms with Crippen molar-refractivity contribution < 1.29 is 14.3 Å². The summed E-state index contributed by atoms with van der Waals surface area (Å²) in [7, 11) is 1.84. The number of anilines is 1. The molecular weight excluding hydrogens is 402 g/mol. The van der Waals surface area contributed by atoms with E-state index in [-0.39, 0.29) is 11.7 Å². The molecule has 6 nitrogen and oxygen atoms in total. The molecular formula is C26H25N3O3. The van der Waals surface area contributed by atoms with Gasteiger partial charge in [-0.2, -0.15) is 0 Å². The zero-order valence-corrected chi connectivity index (χ0v) is 18.1. The summed E-state index contributed by atoms with van der Waals surface area (Å²) >= 11 is 0. The molecule has 32 heavy (non-hydrogen) atoms. The Morgan fingerprint density at radius 3 is 2.38 bits per heavy atom. The van der Waals surface area contributed by atoms with E-state index in [1.165, 1.54) is 13.1 Å². The maximum atomic E-state index is 13.1. The first kappa shape index (κ1) is 21.3. The number of nitrogens with one attached hydrogen (secondary N) is 2. The molecule has 1 aliphatic heterocycles. The molecule has 0 saturated carbocycles. The minimum absolute atomic E-state index is 0.0243. The Balaban J connectivity index is 1.61. The lowest BCUT2D eigenvalue weighted by atomic mass is 9.99. The summed E-state index contributed by atoms with van der Waals surface area (Å²) in [6, 6.07) is 18.7. The second-order valence-corrected chi connectivity index (χ2v) is 7.73. The smallest absolute Gasteiger partial charge is 0.254 e. The van der Waals surface area contributed by atoms with Gasteiger partial charge in [-0.3, -0.25) is 9.59 Å². The molecule has 2 N–H and O–H groups in total. The molecule has 0 atom stereocenters. The van der Waals surface area contributed by atoms with Crippen molar-refractivity contribution in [3.63, 3.8) is 0 Å². The molecule has 0 aromatic heterocycles. The molecule has 0 spiro atoms. The number of fused-ring (bicyclic) bond motifs is 1. The van der Waals surface area contributed by atoms with Gasteiger partial charge >= 0.3 is 0 Å². The number of nitrogens with zero attached hydrogens (tertiary/aromatic N) is 1. The predicted octanol–water partition coefficient (Wildman–Crippen LogP) is 4.63. The van der Waals surface area contributed by atoms with Crippen molar-refractivity contribution in [2.45, 2.75) is 13.5 Å². The highest BCUT2D eigenvalue weighted by atomic mass is 16.5. The van der Waals surface area contributed by atoms with Crippen LogP contribution in [0.3, 0.4) is 0 Å². The number of carbonyl (C=O) groups is 2. The van der Waals surface area contributed by atoms with Crippen LogP contribution in [0.25, 0.3) is 11.1 Å². The van der Waals surface area contributed by atoms with Crippen LogP contribution < -0.4 is 10.1 Å². The fraction of sp³-hybridized carbons (Fsp3) is 0.192. The molecule has 6 heteroatoms. The number of hydrogen-bond donors (Lipinski definition) is 2. The molecule has 3 aromatic rings. The van der Waals surface area contributed by atoms with Gasteiger partial charge in [0.15, 0.2) is 5.78 Å². The number of carbonyl (C=O) groups excluding carboxylic acids is 2. The molecule has 1 aliphatic rings. The molecule has 0 unspecified atom stereocenters. The van der Waals surface area contributed by atoms with Gasteiger partial charge in [-0.1, -0.05) is 30.3 Å². The van der Waals surface area contributed by atoms with Crippen molar-refractivity contribution >= 4 is 23.6 Å². The van der Waals surface area contributed by atoms with Crippen LogP contribution in [0.4, 0.5) is 5.69 Å². The number of ether oxygens (including phenoxy) is 1. The van der Waals surface area contributed by atoms with Gasteiger partial charge in [0.25, 0.3) is 5.91 Å². The summed E-state index contributed by atoms with van der Waals surface area (Å²) in [5.41, 5.74) is 5.82. The van der Waals surface area contributed by atoms with Crippen LogP contribution in [0, 0.1) is 5.41 Å². The van der Waals surface area contributed by atoms with Gasteiger partial charge in [0, 0.05) is 47.7 Å². The van der Waals surface area contributed by atoms with E-state index < -0.39 is 0 Å². The lowest BCUT2D eigenvalue weighted by Crippen LogP contribution is -2.32. The highest BCUT2D eigenvalue weighted by molar-refractivity contribution is 5.97. The second kappa shape index (κ2) is 9.06. The molecule has 3 aromatic carbocycles. The fourth-order valence-corrected chi connectivity index (χ4v) is 3.86. The van der Waals surface area contributed by atoms with Crippen LogP contribution in [0.1, 0.15) is 38.8 Å². The number of amides is 1. The van der Waals surface area contributed by atoms with E-state index in [4.69, 9.17) is 10.1 Å². The summed E-state index contributed by atoms with van der Waals surface area (Å²) in [6.07, 6.45) is 1.33. The van der Waals surface area contributed by atoms with Crippen LogP contribution in [-0.4, -0.2) is 43.0 Å². The highest BCUT2D eigenvalue weighted by Gasteiger charge is 2.22. The Morgan fingerprint density at radius 2 is 1.69 bits per heavy atom. The van der Waals surface area contributed by atoms with Crippen molar-refractivity contribution in [3.8, 4) is 16.9 Å². The normalized spacial score (nSPS) is 12.9. The van der Waals surface area contributed by atoms with Gasteiger partial charge in [-0.15, -0.1) is 0 Å². The maximum Gasteiger partial charge on any atom is 0.254 e. The van der Waals surface area contributed by atoms with E-state index in [0.717, 1.165) is 33.7 Å². The molecule has 1 heterocycles. The predicted molar refractivity (Wildman–Crippen MR) is 126 cm³/mol. The number of rotatable bonds is 5. The van der Waals surface area contributed by atoms with Crippen molar-refractivity contribution in [2.75, 3.05) is 25.5 Å². The fourth-order valence-electron chi connectivity index (χ4n) is 3.86. The molecule has 4 rings (SSSR count). The Labute approximate surface area is 187 Å². The lowest BCUT2D eigenvalue weighted by Gasteiger charge is -2.20. The third kappa shape index (κ3) is 4.25. The molecule has 0 aliphatic carbocycles. The summed E-state index contributed by atoms with van der Waals surface area (Å²) < 4.78 is 5.91. The second-order valence-electron chi connectivity index (χ2n) is 7.73. The minimum Gasteiger partial charge on any atom is -0.491 e. The van der Waals surface area contributed by atoms with Crippen LogP contribution in [-0.2, 0) is 6.54 Å². The van der Waals surface area contributed by atoms with E-state index in [2.05, 4.69) is 11.4 Å². The summed E-state index contributed by atoms with van der Waals surface area (Å²) in [6.45, 7) is 2.85. The molecule has 0 saturated heterocycles. The van der Waals surface area contributed by atoms with Crippen LogP contribution >= 0.6 is 0 Å². The Morgan fingerprint density at radius 1 is 1.00 bits per heavy atom. The molecule has 0 radical (unpaired) electrons. The molecule has 0 fully saturated rings. The standard InChI is InChI=1S/C26H25N3O3/c1-17(30)18-3-5-19(6-4-18)26(31)29-11-12-32-25-10-9-20(13-23(25)16-29)21-7-8-22(15-27)24(14-21)28-2/h3-10,13-15,27-28H,11-12,16H2,1-2H3. The summed E-state index contributed by atoms with van der Waals surface area (Å²) in [4.78, 5) is 26.4. The van der Waals surface area contributed by atoms with E-state index >= 15 is 0 Å². The first-order valence-corrected chi connectivity index (χ1v) is 10.5. The zero-order valence-electron chi connectivity index (χ0n) is 18.1. The quantitative estimate of drug-likeness (QED) is 0.459. The van der Waals surface area contributed by atoms with Crippen LogP contribution in [0.5, 0.6) is 5.75 Å². The largest absolute Gasteiger partial charge is 0.491 e. The van der Waals surface area contributed by atoms with Gasteiger partial charge < -0.3 is 20.4 Å². The Bertz CT molecular complexity index is 1190. The Kier molecular flexibility index (Phi) is 6.03. The summed E-state index contributed by atoms with van der Waals surface area (Å²) in [5, 5.41) is 10.7. The van der Waals surface area contributed by atoms with Gasteiger partial charge in [-0.05, 0) is 48.4 Å². The average molecular weight is 428 g/mol. The third-order valence-corrected chi connectivity index (χ3v) is 5.68. The monoisotopic (exact) mass is 427 g/mol. The molecule has 1 amide bonds. The van der Waals surface area contributed by atoms with Crippen molar-refractivity contribution in [3.05, 3.63) is 82.9 Å². The molecule has 0 bridgehead atoms. The van der Waals surface area contributed by atoms with Gasteiger partial charge in [0.2, 0.25) is 0 Å². The van der Waals surface area contributed by atoms with Crippen molar-refractivity contribution in [2.24, 2.45) is 0 Å². The lowest BCUT2D eigenvalue weighted by molar-refractivity contribution is 0.0733. The van der Waals surface area contributed by atoms with Crippen molar-refractivity contribution in [1.29, 1.82) is 5.41 Å². The third-order valence-electron chi connectivity index (χ3n) is 5.68. The number of ketones is 1. The minimum atomic E-state index is -0.0882. The maximum absolute atomic E-state index is 13.1. The zero-order chi connectivity index (χ0) is 22.7. The first-order chi connectivity index (χ1) is 15.5. The van der Waals surface area contributed by atoms with Gasteiger partial charge in [-0.25, -0.2) is 0 Å². The van der Waals surface area contributed by atoms with E-state index in [1.807, 2.05) is 37.4 Å². The SMILES string of the molecule is CNc1cc(-c2ccc3c(c2)CN(C(=O)c2ccc(C(C)=O)cc2)CCO3)ccc1C=N. The van der Waals surface area contributed by atoms with Crippen molar-refractivity contribution in [1.82, 2.24) is 4.90 Å². The number of benzene rings is 3. The average Bonchev–Trinajstić information content (AvgIpc) is 3.05. The topological polar surface area (TPSA) is 82.5 Å². The molecule has 162 valence electrons. The number of Topliss-reactive ketones (excluding diaryl/α,β-unsaturated/α-hetero) is 1. The van der Waals surface area contributed by atoms with Crippen LogP contribution in [0.15, 0.2) is 60.7 Å². The van der Waals surface area contributed by atoms with Crippen LogP contribution in [0.2, 0.25) is 0 Å².